The summed E-state index contributed by atoms with van der Waals surface area (Å²) in [6, 6.07) is 20.3. The third-order valence-electron chi connectivity index (χ3n) is 3.66. The van der Waals surface area contributed by atoms with Gasteiger partial charge < -0.3 is 0 Å². The van der Waals surface area contributed by atoms with Gasteiger partial charge in [-0.05, 0) is 28.6 Å². The van der Waals surface area contributed by atoms with Crippen molar-refractivity contribution in [1.29, 1.82) is 0 Å². The van der Waals surface area contributed by atoms with E-state index in [4.69, 9.17) is 0 Å². The third-order valence-corrected chi connectivity index (χ3v) is 5.55. The van der Waals surface area contributed by atoms with Gasteiger partial charge >= 0.3 is 0 Å². The van der Waals surface area contributed by atoms with Crippen LogP contribution in [0.3, 0.4) is 0 Å². The van der Waals surface area contributed by atoms with Gasteiger partial charge in [0.2, 0.25) is 0 Å². The Hall–Kier alpha value is -2.21. The standard InChI is InChI=1S/C19H16O3S2/c20-24(21,22)19-11-5-4-9-17(19)16(18-10-6-14-23-18)13-12-15-7-2-1-3-8-15/h1-14,16H,(H,20,21,22). The van der Waals surface area contributed by atoms with Crippen LogP contribution in [0, 0.1) is 0 Å². The molecule has 0 amide bonds. The molecule has 0 radical (unpaired) electrons. The summed E-state index contributed by atoms with van der Waals surface area (Å²) in [6.07, 6.45) is 3.93. The van der Waals surface area contributed by atoms with Crippen molar-refractivity contribution in [2.75, 3.05) is 0 Å². The highest BCUT2D eigenvalue weighted by Gasteiger charge is 2.21. The van der Waals surface area contributed by atoms with Gasteiger partial charge in [-0.25, -0.2) is 0 Å². The average Bonchev–Trinajstić information content (AvgIpc) is 3.10. The first-order chi connectivity index (χ1) is 11.6. The van der Waals surface area contributed by atoms with E-state index in [0.717, 1.165) is 10.4 Å². The van der Waals surface area contributed by atoms with E-state index < -0.39 is 10.1 Å². The molecule has 1 aromatic heterocycles. The zero-order valence-electron chi connectivity index (χ0n) is 12.7. The molecule has 3 rings (SSSR count). The van der Waals surface area contributed by atoms with Crippen molar-refractivity contribution in [2.45, 2.75) is 10.8 Å². The van der Waals surface area contributed by atoms with Crippen molar-refractivity contribution in [3.63, 3.8) is 0 Å². The summed E-state index contributed by atoms with van der Waals surface area (Å²) >= 11 is 1.55. The van der Waals surface area contributed by atoms with Crippen LogP contribution in [0.1, 0.15) is 21.9 Å². The van der Waals surface area contributed by atoms with Gasteiger partial charge in [0.05, 0.1) is 4.90 Å². The second-order valence-electron chi connectivity index (χ2n) is 5.28. The lowest BCUT2D eigenvalue weighted by atomic mass is 9.96. The number of thiophene rings is 1. The molecule has 3 aromatic rings. The van der Waals surface area contributed by atoms with Crippen LogP contribution in [0.4, 0.5) is 0 Å². The summed E-state index contributed by atoms with van der Waals surface area (Å²) in [4.78, 5) is 0.958. The Morgan fingerprint density at radius 3 is 2.29 bits per heavy atom. The minimum absolute atomic E-state index is 0.0545. The maximum Gasteiger partial charge on any atom is 0.294 e. The van der Waals surface area contributed by atoms with Crippen molar-refractivity contribution in [3.05, 3.63) is 94.2 Å². The summed E-state index contributed by atoms with van der Waals surface area (Å²) in [6.45, 7) is 0. The zero-order chi connectivity index (χ0) is 17.0. The van der Waals surface area contributed by atoms with E-state index in [0.29, 0.717) is 5.56 Å². The van der Waals surface area contributed by atoms with Gasteiger partial charge in [0.15, 0.2) is 0 Å². The molecule has 0 bridgehead atoms. The Bertz CT molecular complexity index is 928. The lowest BCUT2D eigenvalue weighted by Crippen LogP contribution is -2.06. The molecule has 1 N–H and O–H groups in total. The second kappa shape index (κ2) is 7.13. The normalized spacial score (nSPS) is 13.2. The molecular weight excluding hydrogens is 340 g/mol. The van der Waals surface area contributed by atoms with Crippen molar-refractivity contribution in [3.8, 4) is 0 Å². The first-order valence-corrected chi connectivity index (χ1v) is 9.71. The number of hydrogen-bond donors (Lipinski definition) is 1. The summed E-state index contributed by atoms with van der Waals surface area (Å²) in [5.74, 6) is -0.247. The van der Waals surface area contributed by atoms with Crippen molar-refractivity contribution in [2.24, 2.45) is 0 Å². The molecule has 1 atom stereocenters. The zero-order valence-corrected chi connectivity index (χ0v) is 14.4. The summed E-state index contributed by atoms with van der Waals surface area (Å²) in [5, 5.41) is 1.95. The molecule has 0 saturated heterocycles. The Morgan fingerprint density at radius 1 is 0.917 bits per heavy atom. The number of rotatable bonds is 5. The summed E-state index contributed by atoms with van der Waals surface area (Å²) < 4.78 is 33.0. The molecule has 3 nitrogen and oxygen atoms in total. The van der Waals surface area contributed by atoms with Gasteiger partial charge in [-0.1, -0.05) is 66.7 Å². The summed E-state index contributed by atoms with van der Waals surface area (Å²) in [5.41, 5.74) is 1.60. The second-order valence-corrected chi connectivity index (χ2v) is 7.65. The highest BCUT2D eigenvalue weighted by atomic mass is 32.2. The van der Waals surface area contributed by atoms with Gasteiger partial charge in [0, 0.05) is 10.8 Å². The van der Waals surface area contributed by atoms with Crippen LogP contribution in [0.2, 0.25) is 0 Å². The van der Waals surface area contributed by atoms with Crippen LogP contribution in [0.5, 0.6) is 0 Å². The van der Waals surface area contributed by atoms with Crippen LogP contribution >= 0.6 is 11.3 Å². The fourth-order valence-electron chi connectivity index (χ4n) is 2.56. The molecule has 0 aliphatic rings. The van der Waals surface area contributed by atoms with Crippen LogP contribution in [0.25, 0.3) is 6.08 Å². The van der Waals surface area contributed by atoms with Crippen molar-refractivity contribution >= 4 is 27.5 Å². The highest BCUT2D eigenvalue weighted by Crippen LogP contribution is 2.34. The molecular formula is C19H16O3S2. The molecule has 0 fully saturated rings. The van der Waals surface area contributed by atoms with E-state index in [1.807, 2.05) is 60.0 Å². The Morgan fingerprint density at radius 2 is 1.62 bits per heavy atom. The minimum Gasteiger partial charge on any atom is -0.282 e. The SMILES string of the molecule is O=S(=O)(O)c1ccccc1C(C=Cc1ccccc1)c1cccs1. The number of allylic oxidation sites excluding steroid dienone is 1. The number of hydrogen-bond acceptors (Lipinski definition) is 3. The molecule has 1 unspecified atom stereocenters. The van der Waals surface area contributed by atoms with Crippen molar-refractivity contribution in [1.82, 2.24) is 0 Å². The third kappa shape index (κ3) is 3.82. The molecule has 1 heterocycles. The lowest BCUT2D eigenvalue weighted by molar-refractivity contribution is 0.482. The predicted molar refractivity (Wildman–Crippen MR) is 97.9 cm³/mol. The van der Waals surface area contributed by atoms with Gasteiger partial charge in [-0.3, -0.25) is 4.55 Å². The fourth-order valence-corrected chi connectivity index (χ4v) is 4.13. The van der Waals surface area contributed by atoms with E-state index >= 15 is 0 Å². The highest BCUT2D eigenvalue weighted by molar-refractivity contribution is 7.85. The van der Waals surface area contributed by atoms with Gasteiger partial charge in [0.25, 0.3) is 10.1 Å². The van der Waals surface area contributed by atoms with Gasteiger partial charge in [-0.15, -0.1) is 11.3 Å². The van der Waals surface area contributed by atoms with E-state index in [-0.39, 0.29) is 10.8 Å². The molecule has 0 saturated carbocycles. The molecule has 122 valence electrons. The van der Waals surface area contributed by atoms with Gasteiger partial charge in [-0.2, -0.15) is 8.42 Å². The van der Waals surface area contributed by atoms with E-state index in [1.54, 1.807) is 29.5 Å². The van der Waals surface area contributed by atoms with Crippen LogP contribution in [-0.2, 0) is 10.1 Å². The first-order valence-electron chi connectivity index (χ1n) is 7.39. The molecule has 0 aliphatic heterocycles. The first kappa shape index (κ1) is 16.6. The van der Waals surface area contributed by atoms with Crippen LogP contribution in [0.15, 0.2) is 83.1 Å². The maximum atomic E-state index is 11.7. The monoisotopic (exact) mass is 356 g/mol. The maximum absolute atomic E-state index is 11.7. The van der Waals surface area contributed by atoms with Gasteiger partial charge in [0.1, 0.15) is 0 Å². The molecule has 24 heavy (non-hydrogen) atoms. The molecule has 5 heteroatoms. The largest absolute Gasteiger partial charge is 0.294 e. The average molecular weight is 356 g/mol. The van der Waals surface area contributed by atoms with Crippen LogP contribution in [-0.4, -0.2) is 13.0 Å². The topological polar surface area (TPSA) is 54.4 Å². The van der Waals surface area contributed by atoms with Crippen LogP contribution < -0.4 is 0 Å². The van der Waals surface area contributed by atoms with E-state index in [2.05, 4.69) is 0 Å². The lowest BCUT2D eigenvalue weighted by Gasteiger charge is -2.15. The van der Waals surface area contributed by atoms with Crippen molar-refractivity contribution < 1.29 is 13.0 Å². The Kier molecular flexibility index (Phi) is 4.94. The van der Waals surface area contributed by atoms with E-state index in [9.17, 15) is 13.0 Å². The summed E-state index contributed by atoms with van der Waals surface area (Å²) in [7, 11) is -4.28. The Labute approximate surface area is 145 Å². The van der Waals surface area contributed by atoms with E-state index in [1.165, 1.54) is 6.07 Å². The fraction of sp³-hybridized carbons (Fsp3) is 0.0526. The predicted octanol–water partition coefficient (Wildman–Crippen LogP) is 4.84. The quantitative estimate of drug-likeness (QED) is 0.666. The number of benzene rings is 2. The smallest absolute Gasteiger partial charge is 0.282 e. The Balaban J connectivity index is 2.09. The molecule has 0 aliphatic carbocycles. The molecule has 2 aromatic carbocycles. The molecule has 0 spiro atoms. The minimum atomic E-state index is -4.28.